The first-order chi connectivity index (χ1) is 8.99. The SMILES string of the molecule is Cc1ccc2nc(SCC(=O)O)n(C3(C)CC3)c2c1. The largest absolute Gasteiger partial charge is 0.481 e. The van der Waals surface area contributed by atoms with Gasteiger partial charge in [0.15, 0.2) is 5.16 Å². The average molecular weight is 276 g/mol. The lowest BCUT2D eigenvalue weighted by atomic mass is 10.2. The van der Waals surface area contributed by atoms with Crippen LogP contribution in [0.15, 0.2) is 23.4 Å². The standard InChI is InChI=1S/C14H16N2O2S/c1-9-3-4-10-11(7-9)16(14(2)5-6-14)13(15-10)19-8-12(17)18/h3-4,7H,5-6,8H2,1-2H3,(H,17,18). The number of carboxylic acids is 1. The molecule has 1 fully saturated rings. The maximum atomic E-state index is 10.8. The number of thioether (sulfide) groups is 1. The van der Waals surface area contributed by atoms with Crippen LogP contribution in [-0.4, -0.2) is 26.4 Å². The summed E-state index contributed by atoms with van der Waals surface area (Å²) in [6, 6.07) is 6.19. The number of hydrogen-bond acceptors (Lipinski definition) is 3. The van der Waals surface area contributed by atoms with Gasteiger partial charge in [0.25, 0.3) is 0 Å². The zero-order chi connectivity index (χ0) is 13.6. The maximum absolute atomic E-state index is 10.8. The number of aryl methyl sites for hydroxylation is 1. The third kappa shape index (κ3) is 2.23. The summed E-state index contributed by atoms with van der Waals surface area (Å²) in [5.41, 5.74) is 3.39. The van der Waals surface area contributed by atoms with E-state index in [1.165, 1.54) is 17.3 Å². The van der Waals surface area contributed by atoms with Crippen molar-refractivity contribution in [2.45, 2.75) is 37.4 Å². The summed E-state index contributed by atoms with van der Waals surface area (Å²) in [5.74, 6) is -0.751. The predicted molar refractivity (Wildman–Crippen MR) is 75.7 cm³/mol. The Morgan fingerprint density at radius 1 is 1.53 bits per heavy atom. The highest BCUT2D eigenvalue weighted by molar-refractivity contribution is 7.99. The number of aliphatic carboxylic acids is 1. The van der Waals surface area contributed by atoms with Crippen molar-refractivity contribution in [1.82, 2.24) is 9.55 Å². The van der Waals surface area contributed by atoms with E-state index in [1.54, 1.807) is 0 Å². The Kier molecular flexibility index (Phi) is 2.82. The van der Waals surface area contributed by atoms with Gasteiger partial charge in [-0.05, 0) is 44.4 Å². The van der Waals surface area contributed by atoms with Crippen molar-refractivity contribution in [3.63, 3.8) is 0 Å². The Hall–Kier alpha value is -1.49. The van der Waals surface area contributed by atoms with Gasteiger partial charge in [0.05, 0.1) is 16.8 Å². The van der Waals surface area contributed by atoms with Crippen LogP contribution in [0.2, 0.25) is 0 Å². The van der Waals surface area contributed by atoms with Crippen molar-refractivity contribution in [2.75, 3.05) is 5.75 Å². The third-order valence-electron chi connectivity index (χ3n) is 3.62. The molecule has 0 radical (unpaired) electrons. The highest BCUT2D eigenvalue weighted by Gasteiger charge is 2.42. The monoisotopic (exact) mass is 276 g/mol. The van der Waals surface area contributed by atoms with Crippen LogP contribution in [0.1, 0.15) is 25.3 Å². The van der Waals surface area contributed by atoms with Crippen molar-refractivity contribution in [2.24, 2.45) is 0 Å². The van der Waals surface area contributed by atoms with Gasteiger partial charge in [-0.25, -0.2) is 4.98 Å². The number of imidazole rings is 1. The molecule has 0 spiro atoms. The van der Waals surface area contributed by atoms with Crippen LogP contribution in [0.25, 0.3) is 11.0 Å². The normalized spacial score (nSPS) is 16.7. The number of carbonyl (C=O) groups is 1. The zero-order valence-electron chi connectivity index (χ0n) is 11.0. The van der Waals surface area contributed by atoms with E-state index >= 15 is 0 Å². The van der Waals surface area contributed by atoms with Gasteiger partial charge in [0, 0.05) is 5.54 Å². The molecule has 4 nitrogen and oxygen atoms in total. The van der Waals surface area contributed by atoms with Crippen LogP contribution < -0.4 is 0 Å². The van der Waals surface area contributed by atoms with E-state index in [4.69, 9.17) is 5.11 Å². The summed E-state index contributed by atoms with van der Waals surface area (Å²) in [5, 5.41) is 9.67. The molecule has 0 bridgehead atoms. The number of hydrogen-bond donors (Lipinski definition) is 1. The molecule has 1 aliphatic rings. The Labute approximate surface area is 115 Å². The molecule has 0 amide bonds. The molecule has 1 heterocycles. The molecule has 1 aromatic carbocycles. The Balaban J connectivity index is 2.12. The second-order valence-corrected chi connectivity index (χ2v) is 6.34. The minimum atomic E-state index is -0.805. The number of carboxylic acid groups (broad SMARTS) is 1. The molecule has 0 unspecified atom stereocenters. The topological polar surface area (TPSA) is 55.1 Å². The fourth-order valence-electron chi connectivity index (χ4n) is 2.31. The first-order valence-electron chi connectivity index (χ1n) is 6.34. The molecule has 1 aliphatic carbocycles. The second kappa shape index (κ2) is 4.27. The van der Waals surface area contributed by atoms with Gasteiger partial charge in [-0.3, -0.25) is 4.79 Å². The van der Waals surface area contributed by atoms with E-state index in [1.807, 2.05) is 12.1 Å². The van der Waals surface area contributed by atoms with Gasteiger partial charge in [0.1, 0.15) is 0 Å². The Morgan fingerprint density at radius 3 is 2.89 bits per heavy atom. The molecule has 0 aliphatic heterocycles. The van der Waals surface area contributed by atoms with Crippen molar-refractivity contribution in [3.8, 4) is 0 Å². The van der Waals surface area contributed by atoms with Crippen LogP contribution in [0.5, 0.6) is 0 Å². The van der Waals surface area contributed by atoms with E-state index in [2.05, 4.69) is 29.5 Å². The molecule has 1 saturated carbocycles. The average Bonchev–Trinajstić information content (AvgIpc) is 2.97. The summed E-state index contributed by atoms with van der Waals surface area (Å²) in [4.78, 5) is 15.4. The van der Waals surface area contributed by atoms with Crippen LogP contribution in [0.3, 0.4) is 0 Å². The number of nitrogens with zero attached hydrogens (tertiary/aromatic N) is 2. The molecule has 0 atom stereocenters. The number of benzene rings is 1. The summed E-state index contributed by atoms with van der Waals surface area (Å²) in [6.45, 7) is 4.28. The van der Waals surface area contributed by atoms with Crippen molar-refractivity contribution in [1.29, 1.82) is 0 Å². The quantitative estimate of drug-likeness (QED) is 0.872. The molecule has 3 rings (SSSR count). The lowest BCUT2D eigenvalue weighted by molar-refractivity contribution is -0.133. The second-order valence-electron chi connectivity index (χ2n) is 5.40. The predicted octanol–water partition coefficient (Wildman–Crippen LogP) is 3.03. The lowest BCUT2D eigenvalue weighted by Crippen LogP contribution is -2.14. The van der Waals surface area contributed by atoms with E-state index in [0.717, 1.165) is 29.0 Å². The van der Waals surface area contributed by atoms with Crippen LogP contribution in [-0.2, 0) is 10.3 Å². The molecule has 5 heteroatoms. The smallest absolute Gasteiger partial charge is 0.313 e. The fourth-order valence-corrected chi connectivity index (χ4v) is 3.18. The summed E-state index contributed by atoms with van der Waals surface area (Å²) in [7, 11) is 0. The summed E-state index contributed by atoms with van der Waals surface area (Å²) >= 11 is 1.31. The molecule has 2 aromatic rings. The molecule has 1 aromatic heterocycles. The molecular weight excluding hydrogens is 260 g/mol. The van der Waals surface area contributed by atoms with Gasteiger partial charge in [-0.15, -0.1) is 0 Å². The first-order valence-corrected chi connectivity index (χ1v) is 7.32. The summed E-state index contributed by atoms with van der Waals surface area (Å²) < 4.78 is 2.23. The van der Waals surface area contributed by atoms with E-state index in [-0.39, 0.29) is 11.3 Å². The van der Waals surface area contributed by atoms with E-state index < -0.39 is 5.97 Å². The zero-order valence-corrected chi connectivity index (χ0v) is 11.8. The van der Waals surface area contributed by atoms with Crippen molar-refractivity contribution >= 4 is 28.8 Å². The van der Waals surface area contributed by atoms with Gasteiger partial charge < -0.3 is 9.67 Å². The Bertz CT molecular complexity index is 659. The fraction of sp³-hybridized carbons (Fsp3) is 0.429. The minimum absolute atomic E-state index is 0.0540. The van der Waals surface area contributed by atoms with Crippen LogP contribution in [0, 0.1) is 6.92 Å². The molecule has 19 heavy (non-hydrogen) atoms. The number of aromatic nitrogens is 2. The molecule has 1 N–H and O–H groups in total. The van der Waals surface area contributed by atoms with Crippen LogP contribution in [0.4, 0.5) is 0 Å². The molecule has 0 saturated heterocycles. The molecular formula is C14H16N2O2S. The van der Waals surface area contributed by atoms with Crippen molar-refractivity contribution in [3.05, 3.63) is 23.8 Å². The Morgan fingerprint density at radius 2 is 2.26 bits per heavy atom. The number of fused-ring (bicyclic) bond motifs is 1. The summed E-state index contributed by atoms with van der Waals surface area (Å²) in [6.07, 6.45) is 2.26. The van der Waals surface area contributed by atoms with E-state index in [0.29, 0.717) is 0 Å². The van der Waals surface area contributed by atoms with Crippen LogP contribution >= 0.6 is 11.8 Å². The third-order valence-corrected chi connectivity index (χ3v) is 4.54. The van der Waals surface area contributed by atoms with Gasteiger partial charge in [-0.2, -0.15) is 0 Å². The van der Waals surface area contributed by atoms with E-state index in [9.17, 15) is 4.79 Å². The van der Waals surface area contributed by atoms with Crippen molar-refractivity contribution < 1.29 is 9.90 Å². The minimum Gasteiger partial charge on any atom is -0.481 e. The van der Waals surface area contributed by atoms with Gasteiger partial charge in [-0.1, -0.05) is 17.8 Å². The molecule has 100 valence electrons. The maximum Gasteiger partial charge on any atom is 0.313 e. The first kappa shape index (κ1) is 12.5. The lowest BCUT2D eigenvalue weighted by Gasteiger charge is -2.15. The van der Waals surface area contributed by atoms with Gasteiger partial charge >= 0.3 is 5.97 Å². The highest BCUT2D eigenvalue weighted by Crippen LogP contribution is 2.47. The number of rotatable bonds is 4. The van der Waals surface area contributed by atoms with Gasteiger partial charge in [0.2, 0.25) is 0 Å². The highest BCUT2D eigenvalue weighted by atomic mass is 32.2.